The lowest BCUT2D eigenvalue weighted by Gasteiger charge is -2.41. The van der Waals surface area contributed by atoms with Gasteiger partial charge in [-0.15, -0.1) is 0 Å². The number of rotatable bonds is 4. The quantitative estimate of drug-likeness (QED) is 0.570. The van der Waals surface area contributed by atoms with Gasteiger partial charge < -0.3 is 4.90 Å². The monoisotopic (exact) mass is 268 g/mol. The summed E-state index contributed by atoms with van der Waals surface area (Å²) in [6, 6.07) is 0.851. The Morgan fingerprint density at radius 2 is 1.72 bits per heavy atom. The van der Waals surface area contributed by atoms with Gasteiger partial charge in [-0.05, 0) is 57.4 Å². The molecule has 2 nitrogen and oxygen atoms in total. The van der Waals surface area contributed by atoms with Gasteiger partial charge in [-0.3, -0.25) is 4.31 Å². The second kappa shape index (κ2) is 6.97. The van der Waals surface area contributed by atoms with E-state index in [-0.39, 0.29) is 0 Å². The molecule has 2 heterocycles. The zero-order valence-corrected chi connectivity index (χ0v) is 12.8. The average molecular weight is 268 g/mol. The lowest BCUT2D eigenvalue weighted by Crippen LogP contribution is -2.46. The first-order valence-electron chi connectivity index (χ1n) is 7.45. The van der Waals surface area contributed by atoms with Crippen LogP contribution in [0.25, 0.3) is 0 Å². The zero-order chi connectivity index (χ0) is 13.0. The molecule has 104 valence electrons. The third-order valence-corrected chi connectivity index (χ3v) is 5.64. The molecular weight excluding hydrogens is 240 g/mol. The molecule has 18 heavy (non-hydrogen) atoms. The largest absolute Gasteiger partial charge is 0.300 e. The molecule has 0 bridgehead atoms. The Labute approximate surface area is 117 Å². The van der Waals surface area contributed by atoms with Crippen LogP contribution in [0.5, 0.6) is 0 Å². The van der Waals surface area contributed by atoms with Crippen molar-refractivity contribution in [3.63, 3.8) is 0 Å². The highest BCUT2D eigenvalue weighted by Crippen LogP contribution is 2.29. The molecule has 0 N–H and O–H groups in total. The minimum absolute atomic E-state index is 0.803. The molecule has 0 unspecified atom stereocenters. The van der Waals surface area contributed by atoms with Crippen LogP contribution in [-0.2, 0) is 0 Å². The van der Waals surface area contributed by atoms with E-state index in [2.05, 4.69) is 29.0 Å². The Hall–Kier alpha value is 0.0100. The Balaban J connectivity index is 1.75. The van der Waals surface area contributed by atoms with Crippen molar-refractivity contribution in [3.8, 4) is 0 Å². The third kappa shape index (κ3) is 3.52. The summed E-state index contributed by atoms with van der Waals surface area (Å²) in [6.07, 6.45) is 8.77. The van der Waals surface area contributed by atoms with E-state index in [1.54, 1.807) is 0 Å². The van der Waals surface area contributed by atoms with Gasteiger partial charge in [-0.25, -0.2) is 0 Å². The summed E-state index contributed by atoms with van der Waals surface area (Å²) < 4.78 is 2.50. The molecule has 2 aliphatic heterocycles. The Morgan fingerprint density at radius 1 is 1.11 bits per heavy atom. The molecule has 0 aliphatic carbocycles. The van der Waals surface area contributed by atoms with Crippen LogP contribution in [0, 0.1) is 5.92 Å². The molecule has 0 spiro atoms. The van der Waals surface area contributed by atoms with E-state index in [0.717, 1.165) is 18.4 Å². The van der Waals surface area contributed by atoms with Crippen molar-refractivity contribution in [2.75, 3.05) is 32.4 Å². The van der Waals surface area contributed by atoms with Crippen molar-refractivity contribution in [2.24, 2.45) is 5.92 Å². The highest BCUT2D eigenvalue weighted by atomic mass is 32.2. The maximum absolute atomic E-state index is 4.23. The summed E-state index contributed by atoms with van der Waals surface area (Å²) in [5, 5.41) is 0. The van der Waals surface area contributed by atoms with Crippen LogP contribution >= 0.6 is 11.9 Å². The minimum atomic E-state index is 0.803. The van der Waals surface area contributed by atoms with E-state index in [0.29, 0.717) is 0 Å². The molecule has 2 saturated heterocycles. The van der Waals surface area contributed by atoms with E-state index >= 15 is 0 Å². The summed E-state index contributed by atoms with van der Waals surface area (Å²) >= 11 is 1.90. The van der Waals surface area contributed by atoms with E-state index in [4.69, 9.17) is 0 Å². The Bertz CT molecular complexity index is 264. The fraction of sp³-hybridized carbons (Fsp3) is 0.867. The van der Waals surface area contributed by atoms with Gasteiger partial charge in [0.1, 0.15) is 0 Å². The van der Waals surface area contributed by atoms with E-state index in [1.807, 2.05) is 11.9 Å². The van der Waals surface area contributed by atoms with Crippen LogP contribution in [-0.4, -0.2) is 47.7 Å². The molecular formula is C15H28N2S. The van der Waals surface area contributed by atoms with E-state index in [1.165, 1.54) is 57.4 Å². The maximum atomic E-state index is 4.23. The van der Waals surface area contributed by atoms with Gasteiger partial charge in [-0.2, -0.15) is 0 Å². The van der Waals surface area contributed by atoms with Gasteiger partial charge in [0.15, 0.2) is 0 Å². The van der Waals surface area contributed by atoms with Crippen molar-refractivity contribution < 1.29 is 0 Å². The van der Waals surface area contributed by atoms with Crippen LogP contribution in [0.3, 0.4) is 0 Å². The molecule has 0 atom stereocenters. The lowest BCUT2D eigenvalue weighted by atomic mass is 9.87. The number of hydrogen-bond donors (Lipinski definition) is 0. The smallest absolute Gasteiger partial charge is 0.0120 e. The molecule has 2 fully saturated rings. The van der Waals surface area contributed by atoms with Gasteiger partial charge in [0.25, 0.3) is 0 Å². The molecule has 2 aliphatic rings. The van der Waals surface area contributed by atoms with Crippen LogP contribution in [0.1, 0.15) is 39.0 Å². The number of likely N-dealkylation sites (tertiary alicyclic amines) is 1. The molecule has 0 aromatic heterocycles. The zero-order valence-electron chi connectivity index (χ0n) is 12.0. The first kappa shape index (κ1) is 14.4. The minimum Gasteiger partial charge on any atom is -0.300 e. The standard InChI is InChI=1S/C15H28N2S/c1-4-13(2)14-5-9-16(10-6-14)15-7-11-17(18-3)12-8-15/h14-15H,2,4-12H2,1,3H3. The van der Waals surface area contributed by atoms with E-state index < -0.39 is 0 Å². The summed E-state index contributed by atoms with van der Waals surface area (Å²) in [7, 11) is 0. The van der Waals surface area contributed by atoms with Gasteiger partial charge in [-0.1, -0.05) is 31.0 Å². The summed E-state index contributed by atoms with van der Waals surface area (Å²) in [6.45, 7) is 11.6. The number of piperidine rings is 2. The Kier molecular flexibility index (Phi) is 5.58. The van der Waals surface area contributed by atoms with E-state index in [9.17, 15) is 0 Å². The van der Waals surface area contributed by atoms with Crippen molar-refractivity contribution in [3.05, 3.63) is 12.2 Å². The molecule has 0 aromatic rings. The van der Waals surface area contributed by atoms with Crippen LogP contribution < -0.4 is 0 Å². The fourth-order valence-corrected chi connectivity index (χ4v) is 3.93. The summed E-state index contributed by atoms with van der Waals surface area (Å²) in [5.74, 6) is 0.803. The first-order valence-corrected chi connectivity index (χ1v) is 8.63. The molecule has 0 amide bonds. The highest BCUT2D eigenvalue weighted by Gasteiger charge is 2.28. The van der Waals surface area contributed by atoms with Crippen molar-refractivity contribution >= 4 is 11.9 Å². The normalized spacial score (nSPS) is 25.4. The number of allylic oxidation sites excluding steroid dienone is 1. The number of nitrogens with zero attached hydrogens (tertiary/aromatic N) is 2. The Morgan fingerprint density at radius 3 is 2.22 bits per heavy atom. The maximum Gasteiger partial charge on any atom is 0.0120 e. The van der Waals surface area contributed by atoms with Crippen LogP contribution in [0.4, 0.5) is 0 Å². The molecule has 0 saturated carbocycles. The SMILES string of the molecule is C=C(CC)C1CCN(C2CCN(SC)CC2)CC1. The summed E-state index contributed by atoms with van der Waals surface area (Å²) in [4.78, 5) is 2.75. The molecule has 2 rings (SSSR count). The second-order valence-corrected chi connectivity index (χ2v) is 6.55. The lowest BCUT2D eigenvalue weighted by molar-refractivity contribution is 0.106. The average Bonchev–Trinajstić information content (AvgIpc) is 2.47. The highest BCUT2D eigenvalue weighted by molar-refractivity contribution is 7.96. The van der Waals surface area contributed by atoms with Gasteiger partial charge in [0.05, 0.1) is 0 Å². The summed E-state index contributed by atoms with van der Waals surface area (Å²) in [5.41, 5.74) is 1.48. The second-order valence-electron chi connectivity index (χ2n) is 5.66. The van der Waals surface area contributed by atoms with Gasteiger partial charge in [0, 0.05) is 19.1 Å². The van der Waals surface area contributed by atoms with Crippen LogP contribution in [0.15, 0.2) is 12.2 Å². The van der Waals surface area contributed by atoms with Crippen molar-refractivity contribution in [1.29, 1.82) is 0 Å². The molecule has 0 radical (unpaired) electrons. The van der Waals surface area contributed by atoms with Gasteiger partial charge in [0.2, 0.25) is 0 Å². The molecule has 0 aromatic carbocycles. The van der Waals surface area contributed by atoms with Gasteiger partial charge >= 0.3 is 0 Å². The van der Waals surface area contributed by atoms with Crippen molar-refractivity contribution in [1.82, 2.24) is 9.21 Å². The topological polar surface area (TPSA) is 6.48 Å². The van der Waals surface area contributed by atoms with Crippen molar-refractivity contribution in [2.45, 2.75) is 45.1 Å². The third-order valence-electron chi connectivity index (χ3n) is 4.76. The fourth-order valence-electron chi connectivity index (χ4n) is 3.35. The van der Waals surface area contributed by atoms with Crippen LogP contribution in [0.2, 0.25) is 0 Å². The molecule has 3 heteroatoms. The predicted octanol–water partition coefficient (Wildman–Crippen LogP) is 3.41. The first-order chi connectivity index (χ1) is 8.74. The number of hydrogen-bond acceptors (Lipinski definition) is 3. The predicted molar refractivity (Wildman–Crippen MR) is 81.8 cm³/mol.